The molecule has 6 nitrogen and oxygen atoms in total. The summed E-state index contributed by atoms with van der Waals surface area (Å²) in [7, 11) is 1.43. The minimum atomic E-state index is -4.84. The lowest BCUT2D eigenvalue weighted by molar-refractivity contribution is -0.272. The lowest BCUT2D eigenvalue weighted by Gasteiger charge is -2.30. The van der Waals surface area contributed by atoms with Crippen molar-refractivity contribution in [2.45, 2.75) is 62.1 Å². The van der Waals surface area contributed by atoms with E-state index in [0.717, 1.165) is 19.3 Å². The molecule has 11 heteroatoms. The third kappa shape index (κ3) is 6.91. The molecule has 29 heavy (non-hydrogen) atoms. The van der Waals surface area contributed by atoms with Gasteiger partial charge in [0.15, 0.2) is 5.96 Å². The van der Waals surface area contributed by atoms with Gasteiger partial charge in [-0.15, -0.1) is 24.0 Å². The molecule has 1 aliphatic rings. The Morgan fingerprint density at radius 1 is 1.41 bits per heavy atom. The quantitative estimate of drug-likeness (QED) is 0.276. The maximum Gasteiger partial charge on any atom is 0.424 e. The molecule has 0 spiro atoms. The first-order valence-electron chi connectivity index (χ1n) is 9.55. The van der Waals surface area contributed by atoms with Crippen molar-refractivity contribution < 1.29 is 18.3 Å². The third-order valence-corrected chi connectivity index (χ3v) is 6.14. The van der Waals surface area contributed by atoms with E-state index in [-0.39, 0.29) is 36.6 Å². The zero-order valence-electron chi connectivity index (χ0n) is 17.0. The number of imidazole rings is 1. The van der Waals surface area contributed by atoms with Crippen LogP contribution in [0.3, 0.4) is 0 Å². The molecule has 3 atom stereocenters. The van der Waals surface area contributed by atoms with E-state index >= 15 is 0 Å². The lowest BCUT2D eigenvalue weighted by Crippen LogP contribution is -2.47. The number of alkyl halides is 3. The predicted molar refractivity (Wildman–Crippen MR) is 122 cm³/mol. The second kappa shape index (κ2) is 11.6. The Bertz CT molecular complexity index is 658. The molecular weight excluding hydrogens is 518 g/mol. The standard InChI is InChI=1S/C18H30F3N5OS.HI/c1-4-22-16(25-13-6-5-7-14(12-13)28-3)24-9-8-17(27,18(19,20)21)15-23-10-11-26(15)2;/h10-11,13-14,27H,4-9,12H2,1-3H3,(H2,22,24,25);1H. The topological polar surface area (TPSA) is 74.5 Å². The molecule has 3 unspecified atom stereocenters. The Balaban J connectivity index is 0.00000420. The van der Waals surface area contributed by atoms with Crippen LogP contribution in [0.5, 0.6) is 0 Å². The van der Waals surface area contributed by atoms with Crippen LogP contribution in [0.15, 0.2) is 17.4 Å². The zero-order valence-corrected chi connectivity index (χ0v) is 20.1. The van der Waals surface area contributed by atoms with Gasteiger partial charge in [-0.25, -0.2) is 4.98 Å². The molecule has 1 aromatic rings. The number of nitrogens with one attached hydrogen (secondary N) is 2. The molecule has 0 saturated heterocycles. The zero-order chi connectivity index (χ0) is 20.8. The summed E-state index contributed by atoms with van der Waals surface area (Å²) < 4.78 is 42.0. The second-order valence-electron chi connectivity index (χ2n) is 7.10. The fourth-order valence-electron chi connectivity index (χ4n) is 3.48. The molecule has 1 heterocycles. The van der Waals surface area contributed by atoms with Crippen LogP contribution in [0.25, 0.3) is 0 Å². The summed E-state index contributed by atoms with van der Waals surface area (Å²) in [5.41, 5.74) is -3.04. The number of aliphatic hydroxyl groups is 1. The number of hydrogen-bond donors (Lipinski definition) is 3. The number of aryl methyl sites for hydroxylation is 1. The molecule has 3 N–H and O–H groups in total. The summed E-state index contributed by atoms with van der Waals surface area (Å²) in [4.78, 5) is 8.00. The molecule has 0 bridgehead atoms. The highest BCUT2D eigenvalue weighted by molar-refractivity contribution is 14.0. The fraction of sp³-hybridized carbons (Fsp3) is 0.778. The van der Waals surface area contributed by atoms with Gasteiger partial charge < -0.3 is 20.3 Å². The summed E-state index contributed by atoms with van der Waals surface area (Å²) in [6, 6.07) is 0.250. The van der Waals surface area contributed by atoms with Crippen molar-refractivity contribution in [3.8, 4) is 0 Å². The van der Waals surface area contributed by atoms with Gasteiger partial charge in [-0.3, -0.25) is 4.99 Å². The Morgan fingerprint density at radius 2 is 2.14 bits per heavy atom. The van der Waals surface area contributed by atoms with Gasteiger partial charge in [-0.2, -0.15) is 24.9 Å². The normalized spacial score (nSPS) is 22.5. The van der Waals surface area contributed by atoms with Crippen LogP contribution in [0.1, 0.15) is 44.9 Å². The molecule has 1 saturated carbocycles. The number of aromatic nitrogens is 2. The van der Waals surface area contributed by atoms with Crippen molar-refractivity contribution in [3.05, 3.63) is 18.2 Å². The van der Waals surface area contributed by atoms with Gasteiger partial charge in [0.05, 0.1) is 0 Å². The summed E-state index contributed by atoms with van der Waals surface area (Å²) in [5, 5.41) is 17.4. The van der Waals surface area contributed by atoms with E-state index in [1.54, 1.807) is 0 Å². The molecule has 0 aliphatic heterocycles. The number of nitrogens with zero attached hydrogens (tertiary/aromatic N) is 3. The Morgan fingerprint density at radius 3 is 2.69 bits per heavy atom. The molecule has 1 fully saturated rings. The van der Waals surface area contributed by atoms with Crippen LogP contribution in [0, 0.1) is 0 Å². The highest BCUT2D eigenvalue weighted by atomic mass is 127. The Kier molecular flexibility index (Phi) is 10.6. The van der Waals surface area contributed by atoms with E-state index in [9.17, 15) is 18.3 Å². The summed E-state index contributed by atoms with van der Waals surface area (Å²) in [5.74, 6) is 0.0573. The van der Waals surface area contributed by atoms with Gasteiger partial charge in [-0.1, -0.05) is 6.42 Å². The monoisotopic (exact) mass is 549 g/mol. The molecule has 2 rings (SSSR count). The minimum absolute atomic E-state index is 0. The average molecular weight is 549 g/mol. The van der Waals surface area contributed by atoms with E-state index in [0.29, 0.717) is 17.8 Å². The number of guanidine groups is 1. The highest BCUT2D eigenvalue weighted by Crippen LogP contribution is 2.40. The lowest BCUT2D eigenvalue weighted by atomic mass is 9.95. The SMILES string of the molecule is CCNC(=NCCC(O)(c1nccn1C)C(F)(F)F)NC1CCCC(SC)C1.I. The van der Waals surface area contributed by atoms with Crippen LogP contribution < -0.4 is 10.6 Å². The number of aliphatic imine (C=N–C) groups is 1. The van der Waals surface area contributed by atoms with Crippen LogP contribution in [-0.2, 0) is 12.6 Å². The first kappa shape index (κ1) is 26.3. The largest absolute Gasteiger partial charge is 0.424 e. The van der Waals surface area contributed by atoms with E-state index in [4.69, 9.17) is 0 Å². The Labute approximate surface area is 191 Å². The van der Waals surface area contributed by atoms with Gasteiger partial charge in [0, 0.05) is 50.2 Å². The van der Waals surface area contributed by atoms with Crippen molar-refractivity contribution in [1.82, 2.24) is 20.2 Å². The van der Waals surface area contributed by atoms with Crippen LogP contribution in [0.4, 0.5) is 13.2 Å². The van der Waals surface area contributed by atoms with Crippen molar-refractivity contribution in [3.63, 3.8) is 0 Å². The molecular formula is C18H31F3IN5OS. The molecule has 168 valence electrons. The number of halogens is 4. The maximum atomic E-state index is 13.6. The average Bonchev–Trinajstić information content (AvgIpc) is 3.07. The highest BCUT2D eigenvalue weighted by Gasteiger charge is 2.57. The minimum Gasteiger partial charge on any atom is -0.374 e. The molecule has 0 radical (unpaired) electrons. The molecule has 0 amide bonds. The number of hydrogen-bond acceptors (Lipinski definition) is 4. The van der Waals surface area contributed by atoms with Crippen molar-refractivity contribution in [2.75, 3.05) is 19.3 Å². The summed E-state index contributed by atoms with van der Waals surface area (Å²) in [6.45, 7) is 2.33. The Hall–Kier alpha value is -0.690. The van der Waals surface area contributed by atoms with Crippen LogP contribution >= 0.6 is 35.7 Å². The third-order valence-electron chi connectivity index (χ3n) is 5.05. The van der Waals surface area contributed by atoms with Crippen LogP contribution in [-0.4, -0.2) is 57.4 Å². The van der Waals surface area contributed by atoms with Gasteiger partial charge in [0.1, 0.15) is 5.82 Å². The first-order valence-corrected chi connectivity index (χ1v) is 10.8. The first-order chi connectivity index (χ1) is 13.2. The van der Waals surface area contributed by atoms with Gasteiger partial charge >= 0.3 is 6.18 Å². The van der Waals surface area contributed by atoms with E-state index < -0.39 is 24.0 Å². The molecule has 1 aromatic heterocycles. The maximum absolute atomic E-state index is 13.6. The van der Waals surface area contributed by atoms with Gasteiger partial charge in [-0.05, 0) is 32.4 Å². The number of rotatable bonds is 7. The summed E-state index contributed by atoms with van der Waals surface area (Å²) >= 11 is 1.85. The second-order valence-corrected chi connectivity index (χ2v) is 8.23. The van der Waals surface area contributed by atoms with E-state index in [2.05, 4.69) is 26.9 Å². The van der Waals surface area contributed by atoms with Crippen molar-refractivity contribution in [2.24, 2.45) is 12.0 Å². The van der Waals surface area contributed by atoms with Crippen molar-refractivity contribution >= 4 is 41.7 Å². The van der Waals surface area contributed by atoms with E-state index in [1.165, 1.54) is 30.4 Å². The summed E-state index contributed by atoms with van der Waals surface area (Å²) in [6.07, 6.45) is 3.61. The van der Waals surface area contributed by atoms with Crippen molar-refractivity contribution in [1.29, 1.82) is 0 Å². The predicted octanol–water partition coefficient (Wildman–Crippen LogP) is 3.41. The van der Waals surface area contributed by atoms with E-state index in [1.807, 2.05) is 18.7 Å². The molecule has 1 aliphatic carbocycles. The van der Waals surface area contributed by atoms with Gasteiger partial charge in [0.25, 0.3) is 0 Å². The smallest absolute Gasteiger partial charge is 0.374 e. The van der Waals surface area contributed by atoms with Crippen LogP contribution in [0.2, 0.25) is 0 Å². The number of thioether (sulfide) groups is 1. The fourth-order valence-corrected chi connectivity index (χ4v) is 4.30. The molecule has 0 aromatic carbocycles. The van der Waals surface area contributed by atoms with Gasteiger partial charge in [0.2, 0.25) is 5.60 Å².